The molecule has 0 fully saturated rings. The first-order chi connectivity index (χ1) is 6.79. The SMILES string of the molecule is COC(C)CCC(=O)NC(C)(C)C(C)O. The molecule has 0 heterocycles. The molecule has 0 saturated heterocycles. The molecular weight excluding hydrogens is 194 g/mol. The van der Waals surface area contributed by atoms with Gasteiger partial charge in [0.2, 0.25) is 5.91 Å². The Morgan fingerprint density at radius 2 is 2.00 bits per heavy atom. The molecule has 0 aliphatic carbocycles. The van der Waals surface area contributed by atoms with E-state index in [2.05, 4.69) is 5.32 Å². The molecule has 2 unspecified atom stereocenters. The van der Waals surface area contributed by atoms with Gasteiger partial charge in [-0.05, 0) is 34.1 Å². The number of aliphatic hydroxyl groups excluding tert-OH is 1. The van der Waals surface area contributed by atoms with Gasteiger partial charge in [-0.25, -0.2) is 0 Å². The predicted octanol–water partition coefficient (Wildman–Crippen LogP) is 1.08. The molecular formula is C11H23NO3. The summed E-state index contributed by atoms with van der Waals surface area (Å²) in [6.07, 6.45) is 0.635. The van der Waals surface area contributed by atoms with Gasteiger partial charge in [0.15, 0.2) is 0 Å². The van der Waals surface area contributed by atoms with E-state index in [4.69, 9.17) is 4.74 Å². The Balaban J connectivity index is 3.94. The average Bonchev–Trinajstić information content (AvgIpc) is 2.13. The molecule has 90 valence electrons. The molecule has 15 heavy (non-hydrogen) atoms. The lowest BCUT2D eigenvalue weighted by Gasteiger charge is -2.29. The van der Waals surface area contributed by atoms with Crippen molar-refractivity contribution in [3.63, 3.8) is 0 Å². The zero-order valence-electron chi connectivity index (χ0n) is 10.3. The molecule has 4 nitrogen and oxygen atoms in total. The number of rotatable bonds is 6. The van der Waals surface area contributed by atoms with Crippen LogP contribution in [0.2, 0.25) is 0 Å². The molecule has 0 spiro atoms. The van der Waals surface area contributed by atoms with E-state index < -0.39 is 11.6 Å². The number of amides is 1. The monoisotopic (exact) mass is 217 g/mol. The topological polar surface area (TPSA) is 58.6 Å². The van der Waals surface area contributed by atoms with Crippen LogP contribution >= 0.6 is 0 Å². The van der Waals surface area contributed by atoms with Crippen LogP contribution in [0.5, 0.6) is 0 Å². The highest BCUT2D eigenvalue weighted by Gasteiger charge is 2.25. The number of ether oxygens (including phenoxy) is 1. The quantitative estimate of drug-likeness (QED) is 0.700. The van der Waals surface area contributed by atoms with Gasteiger partial charge in [-0.1, -0.05) is 0 Å². The molecule has 0 rings (SSSR count). The number of methoxy groups -OCH3 is 1. The van der Waals surface area contributed by atoms with Crippen molar-refractivity contribution in [1.29, 1.82) is 0 Å². The van der Waals surface area contributed by atoms with Gasteiger partial charge < -0.3 is 15.2 Å². The number of nitrogens with one attached hydrogen (secondary N) is 1. The van der Waals surface area contributed by atoms with Crippen molar-refractivity contribution in [3.05, 3.63) is 0 Å². The molecule has 2 N–H and O–H groups in total. The van der Waals surface area contributed by atoms with Crippen LogP contribution in [-0.2, 0) is 9.53 Å². The number of carbonyl (C=O) groups excluding carboxylic acids is 1. The smallest absolute Gasteiger partial charge is 0.220 e. The van der Waals surface area contributed by atoms with Gasteiger partial charge in [0.05, 0.1) is 17.7 Å². The fourth-order valence-corrected chi connectivity index (χ4v) is 0.978. The van der Waals surface area contributed by atoms with Crippen molar-refractivity contribution >= 4 is 5.91 Å². The van der Waals surface area contributed by atoms with Gasteiger partial charge in [0.1, 0.15) is 0 Å². The van der Waals surface area contributed by atoms with Crippen LogP contribution in [0.1, 0.15) is 40.5 Å². The van der Waals surface area contributed by atoms with Crippen LogP contribution in [0, 0.1) is 0 Å². The maximum atomic E-state index is 11.5. The molecule has 4 heteroatoms. The van der Waals surface area contributed by atoms with E-state index in [1.807, 2.05) is 6.92 Å². The Bertz CT molecular complexity index is 202. The van der Waals surface area contributed by atoms with E-state index in [1.54, 1.807) is 27.9 Å². The molecule has 0 radical (unpaired) electrons. The molecule has 0 aromatic carbocycles. The first-order valence-corrected chi connectivity index (χ1v) is 5.31. The summed E-state index contributed by atoms with van der Waals surface area (Å²) in [5, 5.41) is 12.2. The van der Waals surface area contributed by atoms with E-state index in [0.717, 1.165) is 0 Å². The third-order valence-electron chi connectivity index (χ3n) is 2.69. The molecule has 0 saturated carbocycles. The van der Waals surface area contributed by atoms with Crippen LogP contribution in [0.15, 0.2) is 0 Å². The van der Waals surface area contributed by atoms with Crippen LogP contribution in [-0.4, -0.2) is 35.9 Å². The van der Waals surface area contributed by atoms with E-state index >= 15 is 0 Å². The summed E-state index contributed by atoms with van der Waals surface area (Å²) < 4.78 is 5.05. The number of carbonyl (C=O) groups is 1. The first kappa shape index (κ1) is 14.4. The van der Waals surface area contributed by atoms with Gasteiger partial charge in [-0.15, -0.1) is 0 Å². The molecule has 0 aromatic heterocycles. The summed E-state index contributed by atoms with van der Waals surface area (Å²) >= 11 is 0. The van der Waals surface area contributed by atoms with Crippen molar-refractivity contribution < 1.29 is 14.6 Å². The van der Waals surface area contributed by atoms with Crippen molar-refractivity contribution in [3.8, 4) is 0 Å². The van der Waals surface area contributed by atoms with Crippen molar-refractivity contribution in [1.82, 2.24) is 5.32 Å². The normalized spacial score (nSPS) is 15.9. The maximum Gasteiger partial charge on any atom is 0.220 e. The number of aliphatic hydroxyl groups is 1. The van der Waals surface area contributed by atoms with Crippen molar-refractivity contribution in [2.24, 2.45) is 0 Å². The second-order valence-corrected chi connectivity index (χ2v) is 4.53. The van der Waals surface area contributed by atoms with Crippen LogP contribution < -0.4 is 5.32 Å². The zero-order chi connectivity index (χ0) is 12.1. The summed E-state index contributed by atoms with van der Waals surface area (Å²) in [6, 6.07) is 0. The Hall–Kier alpha value is -0.610. The minimum atomic E-state index is -0.576. The van der Waals surface area contributed by atoms with Gasteiger partial charge in [0, 0.05) is 13.5 Å². The highest BCUT2D eigenvalue weighted by Crippen LogP contribution is 2.09. The second kappa shape index (κ2) is 6.08. The number of hydrogen-bond donors (Lipinski definition) is 2. The summed E-state index contributed by atoms with van der Waals surface area (Å²) in [5.41, 5.74) is -0.576. The molecule has 0 aromatic rings. The van der Waals surface area contributed by atoms with Gasteiger partial charge >= 0.3 is 0 Å². The first-order valence-electron chi connectivity index (χ1n) is 5.31. The average molecular weight is 217 g/mol. The molecule has 0 aliphatic heterocycles. The van der Waals surface area contributed by atoms with Crippen LogP contribution in [0.25, 0.3) is 0 Å². The maximum absolute atomic E-state index is 11.5. The lowest BCUT2D eigenvalue weighted by Crippen LogP contribution is -2.51. The standard InChI is InChI=1S/C11H23NO3/c1-8(15-5)6-7-10(14)12-11(3,4)9(2)13/h8-9,13H,6-7H2,1-5H3,(H,12,14). The fourth-order valence-electron chi connectivity index (χ4n) is 0.978. The lowest BCUT2D eigenvalue weighted by atomic mass is 9.98. The third-order valence-corrected chi connectivity index (χ3v) is 2.69. The van der Waals surface area contributed by atoms with E-state index in [9.17, 15) is 9.90 Å². The summed E-state index contributed by atoms with van der Waals surface area (Å²) in [4.78, 5) is 11.5. The zero-order valence-corrected chi connectivity index (χ0v) is 10.3. The fraction of sp³-hybridized carbons (Fsp3) is 0.909. The Morgan fingerprint density at radius 3 is 2.40 bits per heavy atom. The van der Waals surface area contributed by atoms with Crippen molar-refractivity contribution in [2.45, 2.75) is 58.3 Å². The molecule has 2 atom stereocenters. The molecule has 1 amide bonds. The van der Waals surface area contributed by atoms with E-state index in [-0.39, 0.29) is 12.0 Å². The Morgan fingerprint density at radius 1 is 1.47 bits per heavy atom. The Kier molecular flexibility index (Phi) is 5.83. The number of hydrogen-bond acceptors (Lipinski definition) is 3. The third kappa shape index (κ3) is 5.74. The minimum Gasteiger partial charge on any atom is -0.391 e. The second-order valence-electron chi connectivity index (χ2n) is 4.53. The Labute approximate surface area is 92.0 Å². The summed E-state index contributed by atoms with van der Waals surface area (Å²) in [5.74, 6) is -0.0511. The van der Waals surface area contributed by atoms with Gasteiger partial charge in [0.25, 0.3) is 0 Å². The van der Waals surface area contributed by atoms with Crippen LogP contribution in [0.4, 0.5) is 0 Å². The minimum absolute atomic E-state index is 0.0511. The van der Waals surface area contributed by atoms with Crippen molar-refractivity contribution in [2.75, 3.05) is 7.11 Å². The van der Waals surface area contributed by atoms with Gasteiger partial charge in [-0.3, -0.25) is 4.79 Å². The van der Waals surface area contributed by atoms with E-state index in [1.165, 1.54) is 0 Å². The van der Waals surface area contributed by atoms with Crippen LogP contribution in [0.3, 0.4) is 0 Å². The summed E-state index contributed by atoms with van der Waals surface area (Å²) in [7, 11) is 1.63. The highest BCUT2D eigenvalue weighted by molar-refractivity contribution is 5.76. The lowest BCUT2D eigenvalue weighted by molar-refractivity contribution is -0.124. The highest BCUT2D eigenvalue weighted by atomic mass is 16.5. The summed E-state index contributed by atoms with van der Waals surface area (Å²) in [6.45, 7) is 7.19. The molecule has 0 bridgehead atoms. The molecule has 0 aliphatic rings. The van der Waals surface area contributed by atoms with Gasteiger partial charge in [-0.2, -0.15) is 0 Å². The predicted molar refractivity (Wildman–Crippen MR) is 59.6 cm³/mol. The largest absolute Gasteiger partial charge is 0.391 e. The van der Waals surface area contributed by atoms with E-state index in [0.29, 0.717) is 12.8 Å².